The normalized spacial score (nSPS) is 12.0. The van der Waals surface area contributed by atoms with Gasteiger partial charge in [0.1, 0.15) is 0 Å². The Balaban J connectivity index is 3.50. The summed E-state index contributed by atoms with van der Waals surface area (Å²) in [6.45, 7) is 7.66. The highest BCUT2D eigenvalue weighted by atomic mass is 28.4. The van der Waals surface area contributed by atoms with Gasteiger partial charge >= 0.3 is 0 Å². The van der Waals surface area contributed by atoms with Crippen molar-refractivity contribution >= 4 is 14.1 Å². The Labute approximate surface area is 68.5 Å². The third kappa shape index (κ3) is 9.39. The van der Waals surface area contributed by atoms with Gasteiger partial charge < -0.3 is 4.53 Å². The van der Waals surface area contributed by atoms with Crippen molar-refractivity contribution in [3.8, 4) is 0 Å². The molecule has 1 N–H and O–H groups in total. The lowest BCUT2D eigenvalue weighted by atomic mass is 10.4. The van der Waals surface area contributed by atoms with E-state index in [9.17, 15) is 4.79 Å². The molecule has 0 aliphatic heterocycles. The predicted octanol–water partition coefficient (Wildman–Crippen LogP) is 1.45. The molecule has 0 aromatic heterocycles. The fourth-order valence-corrected chi connectivity index (χ4v) is 0.784. The third-order valence-electron chi connectivity index (χ3n) is 0.751. The lowest BCUT2D eigenvalue weighted by Crippen LogP contribution is -2.31. The molecule has 0 atom stereocenters. The molecular weight excluding hydrogens is 158 g/mol. The standard InChI is InChI=1S/C7H15NO2Si/c1-7(9)5-6-8-10-11(2,3)4/h5-6,8H,1-4H3. The molecule has 64 valence electrons. The molecule has 3 nitrogen and oxygen atoms in total. The first-order valence-electron chi connectivity index (χ1n) is 3.52. The molecule has 0 aliphatic rings. The third-order valence-corrected chi connectivity index (χ3v) is 1.48. The van der Waals surface area contributed by atoms with Crippen LogP contribution in [0.25, 0.3) is 0 Å². The first-order chi connectivity index (χ1) is 4.92. The molecule has 11 heavy (non-hydrogen) atoms. The highest BCUT2D eigenvalue weighted by Gasteiger charge is 2.13. The van der Waals surface area contributed by atoms with Gasteiger partial charge in [-0.1, -0.05) is 0 Å². The molecule has 0 saturated carbocycles. The Morgan fingerprint density at radius 1 is 1.45 bits per heavy atom. The van der Waals surface area contributed by atoms with Gasteiger partial charge in [0.05, 0.1) is 0 Å². The van der Waals surface area contributed by atoms with Gasteiger partial charge in [-0.25, -0.2) is 0 Å². The van der Waals surface area contributed by atoms with Crippen LogP contribution in [0.2, 0.25) is 19.6 Å². The molecule has 0 aromatic rings. The van der Waals surface area contributed by atoms with E-state index in [0.717, 1.165) is 0 Å². The molecule has 0 rings (SSSR count). The molecule has 0 aliphatic carbocycles. The van der Waals surface area contributed by atoms with Gasteiger partial charge in [0.25, 0.3) is 0 Å². The van der Waals surface area contributed by atoms with Gasteiger partial charge in [-0.2, -0.15) is 0 Å². The van der Waals surface area contributed by atoms with Crippen LogP contribution in [0.5, 0.6) is 0 Å². The number of rotatable bonds is 4. The van der Waals surface area contributed by atoms with E-state index in [1.807, 2.05) is 0 Å². The average molecular weight is 173 g/mol. The van der Waals surface area contributed by atoms with Crippen LogP contribution in [0, 0.1) is 0 Å². The van der Waals surface area contributed by atoms with Crippen molar-refractivity contribution in [2.75, 3.05) is 0 Å². The van der Waals surface area contributed by atoms with Gasteiger partial charge in [-0.05, 0) is 32.6 Å². The van der Waals surface area contributed by atoms with Gasteiger partial charge in [-0.3, -0.25) is 10.3 Å². The maximum absolute atomic E-state index is 10.4. The minimum atomic E-state index is -1.50. The summed E-state index contributed by atoms with van der Waals surface area (Å²) in [6.07, 6.45) is 2.95. The molecule has 0 aromatic carbocycles. The molecule has 4 heteroatoms. The summed E-state index contributed by atoms with van der Waals surface area (Å²) in [7, 11) is -1.50. The summed E-state index contributed by atoms with van der Waals surface area (Å²) in [5.74, 6) is 0.0108. The molecule has 0 bridgehead atoms. The number of hydrogen-bond donors (Lipinski definition) is 1. The van der Waals surface area contributed by atoms with Crippen LogP contribution in [0.4, 0.5) is 0 Å². The number of carbonyl (C=O) groups excluding carboxylic acids is 1. The topological polar surface area (TPSA) is 38.3 Å². The predicted molar refractivity (Wildman–Crippen MR) is 47.4 cm³/mol. The molecule has 0 spiro atoms. The van der Waals surface area contributed by atoms with Crippen LogP contribution in [0.15, 0.2) is 12.3 Å². The monoisotopic (exact) mass is 173 g/mol. The second-order valence-corrected chi connectivity index (χ2v) is 7.71. The van der Waals surface area contributed by atoms with Crippen molar-refractivity contribution in [3.05, 3.63) is 12.3 Å². The number of ketones is 1. The zero-order chi connectivity index (χ0) is 8.91. The van der Waals surface area contributed by atoms with Crippen molar-refractivity contribution in [1.82, 2.24) is 5.48 Å². The van der Waals surface area contributed by atoms with Gasteiger partial charge in [0, 0.05) is 6.20 Å². The fourth-order valence-electron chi connectivity index (χ4n) is 0.362. The van der Waals surface area contributed by atoms with E-state index in [4.69, 9.17) is 4.53 Å². The molecule has 0 unspecified atom stereocenters. The van der Waals surface area contributed by atoms with E-state index < -0.39 is 8.32 Å². The van der Waals surface area contributed by atoms with Crippen LogP contribution < -0.4 is 5.48 Å². The minimum absolute atomic E-state index is 0.0108. The van der Waals surface area contributed by atoms with E-state index in [2.05, 4.69) is 25.1 Å². The Bertz CT molecular complexity index is 160. The van der Waals surface area contributed by atoms with Crippen molar-refractivity contribution in [2.24, 2.45) is 0 Å². The highest BCUT2D eigenvalue weighted by Crippen LogP contribution is 1.98. The Kier molecular flexibility index (Phi) is 4.06. The zero-order valence-electron chi connectivity index (χ0n) is 7.47. The van der Waals surface area contributed by atoms with E-state index in [-0.39, 0.29) is 5.78 Å². The Morgan fingerprint density at radius 2 is 2.00 bits per heavy atom. The van der Waals surface area contributed by atoms with E-state index in [1.54, 1.807) is 0 Å². The van der Waals surface area contributed by atoms with E-state index >= 15 is 0 Å². The van der Waals surface area contributed by atoms with Crippen LogP contribution in [0.3, 0.4) is 0 Å². The minimum Gasteiger partial charge on any atom is -0.323 e. The zero-order valence-corrected chi connectivity index (χ0v) is 8.47. The number of nitrogens with one attached hydrogen (secondary N) is 1. The van der Waals surface area contributed by atoms with Crippen molar-refractivity contribution in [2.45, 2.75) is 26.6 Å². The molecule has 0 heterocycles. The first kappa shape index (κ1) is 10.4. The van der Waals surface area contributed by atoms with Gasteiger partial charge in [0.2, 0.25) is 8.32 Å². The molecule has 0 radical (unpaired) electrons. The maximum atomic E-state index is 10.4. The van der Waals surface area contributed by atoms with Crippen LogP contribution in [0.1, 0.15) is 6.92 Å². The summed E-state index contributed by atoms with van der Waals surface area (Å²) in [4.78, 5) is 10.4. The van der Waals surface area contributed by atoms with E-state index in [0.29, 0.717) is 0 Å². The van der Waals surface area contributed by atoms with Crippen molar-refractivity contribution in [3.63, 3.8) is 0 Å². The summed E-state index contributed by atoms with van der Waals surface area (Å²) < 4.78 is 5.23. The lowest BCUT2D eigenvalue weighted by Gasteiger charge is -2.15. The largest absolute Gasteiger partial charge is 0.323 e. The lowest BCUT2D eigenvalue weighted by molar-refractivity contribution is -0.112. The van der Waals surface area contributed by atoms with Crippen LogP contribution in [-0.4, -0.2) is 14.1 Å². The second kappa shape index (κ2) is 4.30. The summed E-state index contributed by atoms with van der Waals surface area (Å²) in [6, 6.07) is 0. The van der Waals surface area contributed by atoms with Crippen molar-refractivity contribution in [1.29, 1.82) is 0 Å². The maximum Gasteiger partial charge on any atom is 0.220 e. The number of hydroxylamine groups is 1. The molecule has 0 saturated heterocycles. The summed E-state index contributed by atoms with van der Waals surface area (Å²) in [5, 5.41) is 0. The quantitative estimate of drug-likeness (QED) is 0.397. The highest BCUT2D eigenvalue weighted by molar-refractivity contribution is 6.69. The number of carbonyl (C=O) groups is 1. The Morgan fingerprint density at radius 3 is 2.36 bits per heavy atom. The smallest absolute Gasteiger partial charge is 0.220 e. The fraction of sp³-hybridized carbons (Fsp3) is 0.571. The van der Waals surface area contributed by atoms with Crippen molar-refractivity contribution < 1.29 is 9.32 Å². The summed E-state index contributed by atoms with van der Waals surface area (Å²) in [5.41, 5.74) is 2.62. The first-order valence-corrected chi connectivity index (χ1v) is 6.93. The second-order valence-electron chi connectivity index (χ2n) is 3.28. The number of hydrogen-bond acceptors (Lipinski definition) is 3. The van der Waals surface area contributed by atoms with Crippen LogP contribution >= 0.6 is 0 Å². The Hall–Kier alpha value is -0.613. The molecular formula is C7H15NO2Si. The van der Waals surface area contributed by atoms with Crippen LogP contribution in [-0.2, 0) is 9.32 Å². The molecule has 0 amide bonds. The molecule has 0 fully saturated rings. The SMILES string of the molecule is CC(=O)C=CNO[Si](C)(C)C. The summed E-state index contributed by atoms with van der Waals surface area (Å²) >= 11 is 0. The van der Waals surface area contributed by atoms with E-state index in [1.165, 1.54) is 19.2 Å². The van der Waals surface area contributed by atoms with Gasteiger partial charge in [-0.15, -0.1) is 0 Å². The average Bonchev–Trinajstić information content (AvgIpc) is 1.78. The van der Waals surface area contributed by atoms with Gasteiger partial charge in [0.15, 0.2) is 5.78 Å². The number of allylic oxidation sites excluding steroid dienone is 1.